The second-order valence-electron chi connectivity index (χ2n) is 5.70. The van der Waals surface area contributed by atoms with Crippen LogP contribution in [0.4, 0.5) is 0 Å². The molecule has 0 bridgehead atoms. The predicted molar refractivity (Wildman–Crippen MR) is 83.3 cm³/mol. The fourth-order valence-corrected chi connectivity index (χ4v) is 3.95. The van der Waals surface area contributed by atoms with E-state index in [9.17, 15) is 0 Å². The zero-order valence-corrected chi connectivity index (χ0v) is 13.3. The fraction of sp³-hybridized carbons (Fsp3) is 0.600. The van der Waals surface area contributed by atoms with Crippen LogP contribution in [-0.2, 0) is 5.88 Å². The maximum atomic E-state index is 6.10. The molecule has 5 heteroatoms. The van der Waals surface area contributed by atoms with E-state index in [0.717, 1.165) is 22.9 Å². The molecule has 108 valence electrons. The number of rotatable bonds is 3. The van der Waals surface area contributed by atoms with E-state index in [1.807, 2.05) is 6.07 Å². The highest BCUT2D eigenvalue weighted by molar-refractivity contribution is 6.31. The Balaban J connectivity index is 2.10. The third kappa shape index (κ3) is 2.21. The Morgan fingerprint density at radius 3 is 2.85 bits per heavy atom. The lowest BCUT2D eigenvalue weighted by molar-refractivity contribution is 0.329. The van der Waals surface area contributed by atoms with E-state index in [0.29, 0.717) is 22.9 Å². The molecule has 1 aliphatic rings. The molecule has 0 amide bonds. The molecule has 0 spiro atoms. The Hall–Kier alpha value is -0.800. The summed E-state index contributed by atoms with van der Waals surface area (Å²) in [7, 11) is 0. The first-order valence-electron chi connectivity index (χ1n) is 7.24. The van der Waals surface area contributed by atoms with Gasteiger partial charge >= 0.3 is 0 Å². The van der Waals surface area contributed by atoms with Gasteiger partial charge in [-0.3, -0.25) is 0 Å². The summed E-state index contributed by atoms with van der Waals surface area (Å²) >= 11 is 12.1. The molecular weight excluding hydrogens is 293 g/mol. The van der Waals surface area contributed by atoms with E-state index < -0.39 is 0 Å². The molecule has 1 fully saturated rings. The molecule has 0 radical (unpaired) electrons. The van der Waals surface area contributed by atoms with Crippen LogP contribution in [0.25, 0.3) is 11.2 Å². The molecular formula is C15H19Cl2N3. The Bertz CT molecular complexity index is 623. The smallest absolute Gasteiger partial charge is 0.160 e. The van der Waals surface area contributed by atoms with E-state index in [-0.39, 0.29) is 0 Å². The Morgan fingerprint density at radius 2 is 2.20 bits per heavy atom. The van der Waals surface area contributed by atoms with Gasteiger partial charge in [0.2, 0.25) is 0 Å². The minimum Gasteiger partial charge on any atom is -0.308 e. The summed E-state index contributed by atoms with van der Waals surface area (Å²) in [4.78, 5) is 9.10. The third-order valence-electron chi connectivity index (χ3n) is 4.73. The molecule has 0 aliphatic heterocycles. The maximum Gasteiger partial charge on any atom is 0.160 e. The SMILES string of the molecule is CCC1CCC(n2c(CCl)nc3cc(Cl)cnc32)C1C. The molecule has 0 saturated heterocycles. The van der Waals surface area contributed by atoms with Crippen LogP contribution in [0, 0.1) is 11.8 Å². The minimum absolute atomic E-state index is 0.411. The van der Waals surface area contributed by atoms with Crippen LogP contribution in [-0.4, -0.2) is 14.5 Å². The number of halogens is 2. The van der Waals surface area contributed by atoms with Crippen molar-refractivity contribution in [1.29, 1.82) is 0 Å². The van der Waals surface area contributed by atoms with Crippen LogP contribution in [0.3, 0.4) is 0 Å². The third-order valence-corrected chi connectivity index (χ3v) is 5.17. The topological polar surface area (TPSA) is 30.7 Å². The lowest BCUT2D eigenvalue weighted by atomic mass is 9.93. The van der Waals surface area contributed by atoms with Gasteiger partial charge in [-0.15, -0.1) is 11.6 Å². The van der Waals surface area contributed by atoms with Crippen molar-refractivity contribution in [2.24, 2.45) is 11.8 Å². The Morgan fingerprint density at radius 1 is 1.40 bits per heavy atom. The molecule has 3 unspecified atom stereocenters. The van der Waals surface area contributed by atoms with E-state index in [1.165, 1.54) is 19.3 Å². The molecule has 3 rings (SSSR count). The largest absolute Gasteiger partial charge is 0.308 e. The van der Waals surface area contributed by atoms with Crippen molar-refractivity contribution in [2.45, 2.75) is 45.0 Å². The maximum absolute atomic E-state index is 6.10. The summed E-state index contributed by atoms with van der Waals surface area (Å²) < 4.78 is 2.25. The van der Waals surface area contributed by atoms with Crippen molar-refractivity contribution >= 4 is 34.4 Å². The number of fused-ring (bicyclic) bond motifs is 1. The molecule has 2 aromatic rings. The zero-order chi connectivity index (χ0) is 14.3. The molecule has 0 aromatic carbocycles. The van der Waals surface area contributed by atoms with Gasteiger partial charge in [0.1, 0.15) is 11.3 Å². The number of pyridine rings is 1. The second-order valence-corrected chi connectivity index (χ2v) is 6.40. The summed E-state index contributed by atoms with van der Waals surface area (Å²) in [5, 5.41) is 0.620. The minimum atomic E-state index is 0.411. The van der Waals surface area contributed by atoms with Gasteiger partial charge < -0.3 is 4.57 Å². The number of alkyl halides is 1. The van der Waals surface area contributed by atoms with Crippen molar-refractivity contribution in [1.82, 2.24) is 14.5 Å². The molecule has 0 N–H and O–H groups in total. The number of aromatic nitrogens is 3. The predicted octanol–water partition coefficient (Wildman–Crippen LogP) is 4.82. The first-order chi connectivity index (χ1) is 9.65. The number of hydrogen-bond acceptors (Lipinski definition) is 2. The van der Waals surface area contributed by atoms with Gasteiger partial charge in [-0.1, -0.05) is 31.9 Å². The van der Waals surface area contributed by atoms with E-state index in [2.05, 4.69) is 28.4 Å². The number of imidazole rings is 1. The summed E-state index contributed by atoms with van der Waals surface area (Å²) in [6.45, 7) is 4.61. The highest BCUT2D eigenvalue weighted by Gasteiger charge is 2.34. The van der Waals surface area contributed by atoms with Gasteiger partial charge in [-0.05, 0) is 30.7 Å². The number of nitrogens with zero attached hydrogens (tertiary/aromatic N) is 3. The average Bonchev–Trinajstić information content (AvgIpc) is 2.97. The second kappa shape index (κ2) is 5.53. The standard InChI is InChI=1S/C15H19Cl2N3/c1-3-10-4-5-13(9(10)2)20-14(7-16)19-12-6-11(17)8-18-15(12)20/h6,8-10,13H,3-5,7H2,1-2H3. The van der Waals surface area contributed by atoms with Crippen molar-refractivity contribution in [3.63, 3.8) is 0 Å². The van der Waals surface area contributed by atoms with Crippen LogP contribution in [0.2, 0.25) is 5.02 Å². The average molecular weight is 312 g/mol. The summed E-state index contributed by atoms with van der Waals surface area (Å²) in [6.07, 6.45) is 5.38. The normalized spacial score (nSPS) is 26.5. The molecule has 2 aromatic heterocycles. The van der Waals surface area contributed by atoms with Crippen LogP contribution in [0.5, 0.6) is 0 Å². The van der Waals surface area contributed by atoms with Crippen LogP contribution >= 0.6 is 23.2 Å². The van der Waals surface area contributed by atoms with Gasteiger partial charge in [0, 0.05) is 12.2 Å². The van der Waals surface area contributed by atoms with E-state index >= 15 is 0 Å². The van der Waals surface area contributed by atoms with Gasteiger partial charge in [0.25, 0.3) is 0 Å². The van der Waals surface area contributed by atoms with Crippen molar-refractivity contribution in [2.75, 3.05) is 0 Å². The number of hydrogen-bond donors (Lipinski definition) is 0. The highest BCUT2D eigenvalue weighted by Crippen LogP contribution is 2.43. The molecule has 1 saturated carbocycles. The zero-order valence-electron chi connectivity index (χ0n) is 11.8. The van der Waals surface area contributed by atoms with Crippen LogP contribution < -0.4 is 0 Å². The van der Waals surface area contributed by atoms with Crippen LogP contribution in [0.1, 0.15) is 45.0 Å². The molecule has 1 aliphatic carbocycles. The Kier molecular flexibility index (Phi) is 3.91. The van der Waals surface area contributed by atoms with E-state index in [4.69, 9.17) is 23.2 Å². The van der Waals surface area contributed by atoms with Crippen molar-refractivity contribution in [3.8, 4) is 0 Å². The molecule has 2 heterocycles. The van der Waals surface area contributed by atoms with Gasteiger partial charge in [-0.2, -0.15) is 0 Å². The van der Waals surface area contributed by atoms with Crippen molar-refractivity contribution in [3.05, 3.63) is 23.1 Å². The molecule has 20 heavy (non-hydrogen) atoms. The van der Waals surface area contributed by atoms with Crippen LogP contribution in [0.15, 0.2) is 12.3 Å². The molecule has 3 atom stereocenters. The van der Waals surface area contributed by atoms with Gasteiger partial charge in [-0.25, -0.2) is 9.97 Å². The highest BCUT2D eigenvalue weighted by atomic mass is 35.5. The summed E-state index contributed by atoms with van der Waals surface area (Å²) in [5.41, 5.74) is 1.76. The van der Waals surface area contributed by atoms with Gasteiger partial charge in [0.15, 0.2) is 5.65 Å². The lowest BCUT2D eigenvalue weighted by Crippen LogP contribution is -2.17. The quantitative estimate of drug-likeness (QED) is 0.761. The van der Waals surface area contributed by atoms with Gasteiger partial charge in [0.05, 0.1) is 10.9 Å². The first-order valence-corrected chi connectivity index (χ1v) is 8.15. The van der Waals surface area contributed by atoms with E-state index in [1.54, 1.807) is 6.20 Å². The van der Waals surface area contributed by atoms with Crippen molar-refractivity contribution < 1.29 is 0 Å². The molecule has 3 nitrogen and oxygen atoms in total. The first kappa shape index (κ1) is 14.2. The summed E-state index contributed by atoms with van der Waals surface area (Å²) in [5.74, 6) is 2.74. The lowest BCUT2D eigenvalue weighted by Gasteiger charge is -2.23. The fourth-order valence-electron chi connectivity index (χ4n) is 3.61. The Labute approximate surface area is 129 Å². The monoisotopic (exact) mass is 311 g/mol. The summed E-state index contributed by atoms with van der Waals surface area (Å²) in [6, 6.07) is 2.32.